The minimum absolute atomic E-state index is 0.193. The molecule has 0 bridgehead atoms. The second kappa shape index (κ2) is 11.0. The number of carbonyl (C=O) groups is 3. The Morgan fingerprint density at radius 3 is 2.21 bits per heavy atom. The molecule has 2 aromatic rings. The molecule has 180 valence electrons. The molecule has 2 amide bonds. The summed E-state index contributed by atoms with van der Waals surface area (Å²) in [6.45, 7) is 3.63. The summed E-state index contributed by atoms with van der Waals surface area (Å²) in [5.41, 5.74) is 1.14. The van der Waals surface area contributed by atoms with E-state index < -0.39 is 22.6 Å². The van der Waals surface area contributed by atoms with Crippen LogP contribution in [0.2, 0.25) is 5.02 Å². The number of benzene rings is 2. The van der Waals surface area contributed by atoms with E-state index in [1.165, 1.54) is 18.9 Å². The molecule has 0 unspecified atom stereocenters. The molecule has 0 aromatic heterocycles. The number of methoxy groups -OCH3 is 1. The van der Waals surface area contributed by atoms with Crippen molar-refractivity contribution in [1.29, 1.82) is 0 Å². The molecule has 0 aliphatic heterocycles. The summed E-state index contributed by atoms with van der Waals surface area (Å²) in [7, 11) is 1.52. The van der Waals surface area contributed by atoms with Gasteiger partial charge in [-0.3, -0.25) is 14.4 Å². The number of allylic oxidation sites excluding steroid dienone is 2. The van der Waals surface area contributed by atoms with Crippen LogP contribution in [0.4, 0.5) is 11.4 Å². The average molecular weight is 503 g/mol. The molecule has 0 fully saturated rings. The van der Waals surface area contributed by atoms with Crippen molar-refractivity contribution in [2.45, 2.75) is 36.3 Å². The van der Waals surface area contributed by atoms with Gasteiger partial charge in [-0.1, -0.05) is 23.8 Å². The number of aliphatic carboxylic acids is 1. The van der Waals surface area contributed by atoms with Gasteiger partial charge in [0, 0.05) is 16.3 Å². The van der Waals surface area contributed by atoms with E-state index in [1.807, 2.05) is 32.1 Å². The van der Waals surface area contributed by atoms with Gasteiger partial charge < -0.3 is 20.5 Å². The third-order valence-corrected chi connectivity index (χ3v) is 7.04. The lowest BCUT2D eigenvalue weighted by atomic mass is 9.82. The van der Waals surface area contributed by atoms with Crippen LogP contribution in [0.15, 0.2) is 59.5 Å². The Labute approximate surface area is 207 Å². The van der Waals surface area contributed by atoms with Gasteiger partial charge in [0.2, 0.25) is 11.8 Å². The van der Waals surface area contributed by atoms with Gasteiger partial charge in [-0.15, -0.1) is 11.8 Å². The lowest BCUT2D eigenvalue weighted by Crippen LogP contribution is -2.34. The predicted molar refractivity (Wildman–Crippen MR) is 135 cm³/mol. The van der Waals surface area contributed by atoms with Crippen LogP contribution in [0.5, 0.6) is 5.75 Å². The smallest absolute Gasteiger partial charge is 0.307 e. The van der Waals surface area contributed by atoms with E-state index in [4.69, 9.17) is 16.3 Å². The SMILES string of the molecule is COc1ccc(NC(=O)C(C)(C)Sc2ccc(NC(=O)[C@H]3CC=CC[C@H]3C(=O)O)cc2)cc1Cl. The Morgan fingerprint density at radius 2 is 1.62 bits per heavy atom. The first kappa shape index (κ1) is 25.6. The van der Waals surface area contributed by atoms with Crippen molar-refractivity contribution in [2.75, 3.05) is 17.7 Å². The fourth-order valence-corrected chi connectivity index (χ4v) is 4.85. The molecule has 1 aliphatic carbocycles. The number of carboxylic acids is 1. The molecule has 0 radical (unpaired) electrons. The second-order valence-electron chi connectivity index (χ2n) is 8.42. The van der Waals surface area contributed by atoms with Crippen LogP contribution in [-0.2, 0) is 14.4 Å². The fourth-order valence-electron chi connectivity index (χ4n) is 3.58. The average Bonchev–Trinajstić information content (AvgIpc) is 2.80. The summed E-state index contributed by atoms with van der Waals surface area (Å²) in [6.07, 6.45) is 4.40. The molecule has 0 spiro atoms. The second-order valence-corrected chi connectivity index (χ2v) is 10.5. The molecular formula is C25H27ClN2O5S. The van der Waals surface area contributed by atoms with E-state index in [2.05, 4.69) is 10.6 Å². The Kier molecular flexibility index (Phi) is 8.28. The third-order valence-electron chi connectivity index (χ3n) is 5.54. The number of hydrogen-bond acceptors (Lipinski definition) is 5. The number of rotatable bonds is 8. The molecule has 3 N–H and O–H groups in total. The maximum Gasteiger partial charge on any atom is 0.307 e. The fraction of sp³-hybridized carbons (Fsp3) is 0.320. The van der Waals surface area contributed by atoms with Crippen LogP contribution >= 0.6 is 23.4 Å². The Hall–Kier alpha value is -2.97. The number of nitrogens with one attached hydrogen (secondary N) is 2. The summed E-state index contributed by atoms with van der Waals surface area (Å²) < 4.78 is 4.34. The number of anilines is 2. The van der Waals surface area contributed by atoms with Gasteiger partial charge in [-0.05, 0) is 69.2 Å². The molecule has 9 heteroatoms. The van der Waals surface area contributed by atoms with Crippen molar-refractivity contribution in [1.82, 2.24) is 0 Å². The van der Waals surface area contributed by atoms with E-state index >= 15 is 0 Å². The van der Waals surface area contributed by atoms with Crippen molar-refractivity contribution in [3.63, 3.8) is 0 Å². The van der Waals surface area contributed by atoms with Crippen LogP contribution in [0.3, 0.4) is 0 Å². The van der Waals surface area contributed by atoms with Crippen LogP contribution in [-0.4, -0.2) is 34.7 Å². The first-order valence-corrected chi connectivity index (χ1v) is 11.9. The van der Waals surface area contributed by atoms with Crippen molar-refractivity contribution in [3.05, 3.63) is 59.6 Å². The molecule has 1 aliphatic rings. The summed E-state index contributed by atoms with van der Waals surface area (Å²) >= 11 is 7.51. The quantitative estimate of drug-likeness (QED) is 0.327. The van der Waals surface area contributed by atoms with E-state index in [0.717, 1.165) is 4.90 Å². The largest absolute Gasteiger partial charge is 0.495 e. The summed E-state index contributed by atoms with van der Waals surface area (Å²) in [5.74, 6) is -2.27. The molecule has 34 heavy (non-hydrogen) atoms. The van der Waals surface area contributed by atoms with E-state index in [0.29, 0.717) is 35.0 Å². The van der Waals surface area contributed by atoms with Crippen molar-refractivity contribution < 1.29 is 24.2 Å². The maximum atomic E-state index is 12.9. The molecule has 2 aromatic carbocycles. The first-order chi connectivity index (χ1) is 16.1. The monoisotopic (exact) mass is 502 g/mol. The molecule has 2 atom stereocenters. The molecule has 7 nitrogen and oxygen atoms in total. The minimum Gasteiger partial charge on any atom is -0.495 e. The summed E-state index contributed by atoms with van der Waals surface area (Å²) in [6, 6.07) is 12.2. The molecule has 0 saturated heterocycles. The van der Waals surface area contributed by atoms with E-state index in [-0.39, 0.29) is 11.8 Å². The topological polar surface area (TPSA) is 105 Å². The van der Waals surface area contributed by atoms with Crippen molar-refractivity contribution >= 4 is 52.5 Å². The highest BCUT2D eigenvalue weighted by Gasteiger charge is 2.34. The zero-order chi connectivity index (χ0) is 24.9. The zero-order valence-corrected chi connectivity index (χ0v) is 20.7. The molecule has 0 heterocycles. The number of hydrogen-bond donors (Lipinski definition) is 3. The first-order valence-electron chi connectivity index (χ1n) is 10.7. The molecule has 3 rings (SSSR count). The summed E-state index contributed by atoms with van der Waals surface area (Å²) in [5, 5.41) is 15.5. The highest BCUT2D eigenvalue weighted by atomic mass is 35.5. The summed E-state index contributed by atoms with van der Waals surface area (Å²) in [4.78, 5) is 37.8. The number of halogens is 1. The van der Waals surface area contributed by atoms with Crippen molar-refractivity contribution in [2.24, 2.45) is 11.8 Å². The number of thioether (sulfide) groups is 1. The highest BCUT2D eigenvalue weighted by Crippen LogP contribution is 2.35. The minimum atomic E-state index is -0.964. The normalized spacial score (nSPS) is 17.6. The lowest BCUT2D eigenvalue weighted by Gasteiger charge is -2.24. The third kappa shape index (κ3) is 6.33. The van der Waals surface area contributed by atoms with Gasteiger partial charge in [0.15, 0.2) is 0 Å². The Balaban J connectivity index is 1.61. The predicted octanol–water partition coefficient (Wildman–Crippen LogP) is 5.46. The lowest BCUT2D eigenvalue weighted by molar-refractivity contribution is -0.146. The van der Waals surface area contributed by atoms with Gasteiger partial charge in [-0.25, -0.2) is 0 Å². The molecule has 0 saturated carbocycles. The standard InChI is InChI=1S/C25H27ClN2O5S/c1-25(2,24(32)28-16-10-13-21(33-3)20(26)14-16)34-17-11-8-15(9-12-17)27-22(29)18-6-4-5-7-19(18)23(30)31/h4-5,8-14,18-19H,6-7H2,1-3H3,(H,27,29)(H,28,32)(H,30,31)/t18-,19+/m0/s1. The van der Waals surface area contributed by atoms with E-state index in [1.54, 1.807) is 36.4 Å². The van der Waals surface area contributed by atoms with Gasteiger partial charge in [0.05, 0.1) is 28.7 Å². The van der Waals surface area contributed by atoms with Crippen LogP contribution in [0.1, 0.15) is 26.7 Å². The number of carbonyl (C=O) groups excluding carboxylic acids is 2. The van der Waals surface area contributed by atoms with E-state index in [9.17, 15) is 19.5 Å². The Morgan fingerprint density at radius 1 is 1.00 bits per heavy atom. The molecular weight excluding hydrogens is 476 g/mol. The maximum absolute atomic E-state index is 12.9. The van der Waals surface area contributed by atoms with Crippen molar-refractivity contribution in [3.8, 4) is 5.75 Å². The number of amides is 2. The van der Waals surface area contributed by atoms with Gasteiger partial charge in [0.1, 0.15) is 5.75 Å². The van der Waals surface area contributed by atoms with Gasteiger partial charge in [0.25, 0.3) is 0 Å². The highest BCUT2D eigenvalue weighted by molar-refractivity contribution is 8.01. The van der Waals surface area contributed by atoms with Crippen LogP contribution < -0.4 is 15.4 Å². The van der Waals surface area contributed by atoms with Gasteiger partial charge in [-0.2, -0.15) is 0 Å². The van der Waals surface area contributed by atoms with Gasteiger partial charge >= 0.3 is 5.97 Å². The number of ether oxygens (including phenoxy) is 1. The Bertz CT molecular complexity index is 1100. The van der Waals surface area contributed by atoms with Crippen LogP contribution in [0.25, 0.3) is 0 Å². The van der Waals surface area contributed by atoms with Crippen LogP contribution in [0, 0.1) is 11.8 Å². The zero-order valence-electron chi connectivity index (χ0n) is 19.1. The number of carboxylic acid groups (broad SMARTS) is 1.